The topological polar surface area (TPSA) is 98.7 Å². The van der Waals surface area contributed by atoms with Crippen molar-refractivity contribution in [3.05, 3.63) is 28.5 Å². The number of pyridine rings is 1. The molecular formula is C26H32F5N5O3S. The van der Waals surface area contributed by atoms with Crippen molar-refractivity contribution in [2.45, 2.75) is 89.1 Å². The third-order valence-electron chi connectivity index (χ3n) is 7.84. The van der Waals surface area contributed by atoms with Crippen LogP contribution in [0.5, 0.6) is 0 Å². The van der Waals surface area contributed by atoms with Crippen LogP contribution in [0.1, 0.15) is 85.2 Å². The first-order chi connectivity index (χ1) is 18.7. The van der Waals surface area contributed by atoms with E-state index in [1.54, 1.807) is 18.7 Å². The molecule has 2 aliphatic rings. The van der Waals surface area contributed by atoms with Crippen molar-refractivity contribution in [1.29, 1.82) is 0 Å². The highest BCUT2D eigenvalue weighted by Crippen LogP contribution is 2.43. The zero-order valence-corrected chi connectivity index (χ0v) is 23.4. The number of nitrogens with one attached hydrogen (secondary N) is 1. The number of carbonyl (C=O) groups excluding carboxylic acids is 2. The zero-order valence-electron chi connectivity index (χ0n) is 22.6. The lowest BCUT2D eigenvalue weighted by atomic mass is 10.0. The van der Waals surface area contributed by atoms with Crippen molar-refractivity contribution < 1.29 is 36.6 Å². The van der Waals surface area contributed by atoms with Crippen LogP contribution in [0.2, 0.25) is 0 Å². The van der Waals surface area contributed by atoms with Gasteiger partial charge in [0.1, 0.15) is 17.6 Å². The van der Waals surface area contributed by atoms with E-state index in [1.807, 2.05) is 0 Å². The van der Waals surface area contributed by atoms with Gasteiger partial charge in [-0.15, -0.1) is 11.3 Å². The van der Waals surface area contributed by atoms with Crippen LogP contribution < -0.4 is 5.32 Å². The van der Waals surface area contributed by atoms with Crippen molar-refractivity contribution in [3.8, 4) is 10.4 Å². The van der Waals surface area contributed by atoms with Gasteiger partial charge in [-0.2, -0.15) is 13.2 Å². The van der Waals surface area contributed by atoms with Crippen LogP contribution in [-0.4, -0.2) is 80.2 Å². The summed E-state index contributed by atoms with van der Waals surface area (Å²) in [4.78, 5) is 38.3. The average Bonchev–Trinajstić information content (AvgIpc) is 3.64. The maximum absolute atomic E-state index is 14.3. The number of likely N-dealkylation sites (N-methyl/N-ethyl adjacent to an activating group) is 1. The molecule has 0 aliphatic carbocycles. The first-order valence-corrected chi connectivity index (χ1v) is 13.9. The number of rotatable bonds is 9. The third kappa shape index (κ3) is 5.65. The summed E-state index contributed by atoms with van der Waals surface area (Å²) >= 11 is 0.741. The summed E-state index contributed by atoms with van der Waals surface area (Å²) in [6.45, 7) is 4.20. The van der Waals surface area contributed by atoms with Gasteiger partial charge < -0.3 is 20.2 Å². The Kier molecular flexibility index (Phi) is 8.42. The van der Waals surface area contributed by atoms with E-state index < -0.39 is 41.6 Å². The number of hydrogen-bond donors (Lipinski definition) is 2. The number of carbonyl (C=O) groups is 2. The predicted molar refractivity (Wildman–Crippen MR) is 140 cm³/mol. The first-order valence-electron chi connectivity index (χ1n) is 13.0. The van der Waals surface area contributed by atoms with Crippen LogP contribution >= 0.6 is 11.3 Å². The number of amides is 2. The second-order valence-corrected chi connectivity index (χ2v) is 11.8. The predicted octanol–water partition coefficient (Wildman–Crippen LogP) is 5.51. The number of thiazole rings is 1. The Morgan fingerprint density at radius 3 is 2.30 bits per heavy atom. The third-order valence-corrected chi connectivity index (χ3v) is 8.92. The van der Waals surface area contributed by atoms with Crippen LogP contribution in [0.25, 0.3) is 10.4 Å². The van der Waals surface area contributed by atoms with Crippen LogP contribution in [0.15, 0.2) is 12.3 Å². The molecule has 2 saturated heterocycles. The summed E-state index contributed by atoms with van der Waals surface area (Å²) in [7, 11) is 1.46. The highest BCUT2D eigenvalue weighted by atomic mass is 32.1. The zero-order chi connectivity index (χ0) is 29.6. The highest BCUT2D eigenvalue weighted by Gasteiger charge is 2.44. The minimum atomic E-state index is -4.62. The van der Waals surface area contributed by atoms with Crippen LogP contribution in [-0.2, 0) is 0 Å². The van der Waals surface area contributed by atoms with Crippen molar-refractivity contribution in [3.63, 3.8) is 0 Å². The Morgan fingerprint density at radius 2 is 1.80 bits per heavy atom. The molecule has 2 amide bonds. The van der Waals surface area contributed by atoms with E-state index in [1.165, 1.54) is 18.9 Å². The van der Waals surface area contributed by atoms with Crippen molar-refractivity contribution in [2.75, 3.05) is 19.0 Å². The summed E-state index contributed by atoms with van der Waals surface area (Å²) in [5.41, 5.74) is -1.97. The monoisotopic (exact) mass is 589 g/mol. The van der Waals surface area contributed by atoms with E-state index in [9.17, 15) is 36.6 Å². The molecule has 2 aromatic heterocycles. The Hall–Kier alpha value is -2.87. The maximum atomic E-state index is 14.3. The quantitative estimate of drug-likeness (QED) is 0.375. The normalized spacial score (nSPS) is 19.8. The number of aliphatic hydroxyl groups excluding tert-OH is 1. The molecule has 2 bridgehead atoms. The number of hydrogen-bond acceptors (Lipinski definition) is 7. The molecule has 0 spiro atoms. The standard InChI is InChI=1S/C26H32F5N5O3S/c1-5-17(26(29,30)31)33-18-10-15(21(27)28)16(11-32-18)20-19(23(38)36-13-6-7-14(36)9-8-13)34-22(40-20)24(39)35(4)25(2,3)12-37/h10-11,13-14,17,21,37H,5-9,12H2,1-4H3,(H,32,33)/t13-,14-,17-/m0/s1. The lowest BCUT2D eigenvalue weighted by Gasteiger charge is -2.33. The molecule has 0 aromatic carbocycles. The summed E-state index contributed by atoms with van der Waals surface area (Å²) in [5, 5.41) is 11.7. The number of alkyl halides is 5. The smallest absolute Gasteiger partial charge is 0.394 e. The fraction of sp³-hybridized carbons (Fsp3) is 0.615. The molecule has 2 N–H and O–H groups in total. The Labute approximate surface area is 232 Å². The van der Waals surface area contributed by atoms with Crippen LogP contribution in [0.4, 0.5) is 27.8 Å². The molecule has 220 valence electrons. The van der Waals surface area contributed by atoms with Crippen molar-refractivity contribution >= 4 is 29.0 Å². The van der Waals surface area contributed by atoms with Crippen LogP contribution in [0, 0.1) is 0 Å². The molecule has 1 atom stereocenters. The molecule has 8 nitrogen and oxygen atoms in total. The number of nitrogens with zero attached hydrogens (tertiary/aromatic N) is 4. The van der Waals surface area contributed by atoms with E-state index in [0.717, 1.165) is 49.3 Å². The number of aromatic nitrogens is 2. The minimum absolute atomic E-state index is 0.00480. The summed E-state index contributed by atoms with van der Waals surface area (Å²) in [6, 6.07) is -1.16. The molecule has 4 rings (SSSR count). The van der Waals surface area contributed by atoms with Crippen molar-refractivity contribution in [2.24, 2.45) is 0 Å². The molecule has 2 aliphatic heterocycles. The molecule has 2 aromatic rings. The number of halogens is 5. The van der Waals surface area contributed by atoms with Gasteiger partial charge in [0.25, 0.3) is 18.2 Å². The van der Waals surface area contributed by atoms with Gasteiger partial charge in [0.05, 0.1) is 17.0 Å². The molecule has 0 radical (unpaired) electrons. The van der Waals surface area contributed by atoms with E-state index in [-0.39, 0.29) is 52.1 Å². The number of aliphatic hydroxyl groups is 1. The Balaban J connectivity index is 1.81. The fourth-order valence-electron chi connectivity index (χ4n) is 5.14. The van der Waals surface area contributed by atoms with Gasteiger partial charge in [0, 0.05) is 36.5 Å². The second kappa shape index (κ2) is 11.2. The highest BCUT2D eigenvalue weighted by molar-refractivity contribution is 7.17. The Morgan fingerprint density at radius 1 is 1.20 bits per heavy atom. The number of anilines is 1. The summed E-state index contributed by atoms with van der Waals surface area (Å²) in [6.07, 6.45) is -3.82. The molecule has 40 heavy (non-hydrogen) atoms. The van der Waals surface area contributed by atoms with E-state index in [4.69, 9.17) is 0 Å². The van der Waals surface area contributed by atoms with E-state index >= 15 is 0 Å². The first kappa shape index (κ1) is 30.1. The van der Waals surface area contributed by atoms with Crippen molar-refractivity contribution in [1.82, 2.24) is 19.8 Å². The van der Waals surface area contributed by atoms with Gasteiger partial charge in [0.15, 0.2) is 5.01 Å². The lowest BCUT2D eigenvalue weighted by molar-refractivity contribution is -0.142. The van der Waals surface area contributed by atoms with Crippen LogP contribution in [0.3, 0.4) is 0 Å². The van der Waals surface area contributed by atoms with Gasteiger partial charge in [-0.3, -0.25) is 9.59 Å². The van der Waals surface area contributed by atoms with Gasteiger partial charge in [-0.1, -0.05) is 6.92 Å². The van der Waals surface area contributed by atoms with Gasteiger partial charge in [-0.05, 0) is 52.0 Å². The van der Waals surface area contributed by atoms with E-state index in [0.29, 0.717) is 0 Å². The molecule has 2 fully saturated rings. The fourth-order valence-corrected chi connectivity index (χ4v) is 6.21. The molecular weight excluding hydrogens is 557 g/mol. The number of fused-ring (bicyclic) bond motifs is 2. The van der Waals surface area contributed by atoms with Gasteiger partial charge in [-0.25, -0.2) is 18.7 Å². The summed E-state index contributed by atoms with van der Waals surface area (Å²) < 4.78 is 68.5. The van der Waals surface area contributed by atoms with E-state index in [2.05, 4.69) is 15.3 Å². The summed E-state index contributed by atoms with van der Waals surface area (Å²) in [5.74, 6) is -1.49. The Bertz CT molecular complexity index is 1250. The maximum Gasteiger partial charge on any atom is 0.408 e. The molecule has 0 saturated carbocycles. The second-order valence-electron chi connectivity index (χ2n) is 10.8. The average molecular weight is 590 g/mol. The largest absolute Gasteiger partial charge is 0.408 e. The lowest BCUT2D eigenvalue weighted by Crippen LogP contribution is -2.47. The molecule has 4 heterocycles. The van der Waals surface area contributed by atoms with Gasteiger partial charge >= 0.3 is 6.18 Å². The minimum Gasteiger partial charge on any atom is -0.394 e. The molecule has 0 unspecified atom stereocenters. The SMILES string of the molecule is CC[C@H](Nc1cc(C(F)F)c(-c2sc(C(=O)N(C)C(C)(C)CO)nc2C(=O)N2[C@H]3CC[C@H]2CC3)cn1)C(F)(F)F. The van der Waals surface area contributed by atoms with Gasteiger partial charge in [0.2, 0.25) is 0 Å². The molecule has 14 heteroatoms.